The zero-order valence-corrected chi connectivity index (χ0v) is 11.5. The molecular weight excluding hydrogens is 274 g/mol. The van der Waals surface area contributed by atoms with Crippen molar-refractivity contribution in [3.63, 3.8) is 0 Å². The van der Waals surface area contributed by atoms with E-state index < -0.39 is 17.9 Å². The number of hydrogen-bond acceptors (Lipinski definition) is 4. The van der Waals surface area contributed by atoms with Crippen LogP contribution in [0.4, 0.5) is 4.79 Å². The third-order valence-electron chi connectivity index (χ3n) is 3.49. The predicted octanol–water partition coefficient (Wildman–Crippen LogP) is 0.328. The summed E-state index contributed by atoms with van der Waals surface area (Å²) in [6.07, 6.45) is 0.812. The number of hydrogen-bond donors (Lipinski definition) is 3. The van der Waals surface area contributed by atoms with E-state index in [0.29, 0.717) is 31.6 Å². The lowest BCUT2D eigenvalue weighted by Crippen LogP contribution is -2.38. The number of urea groups is 1. The van der Waals surface area contributed by atoms with Gasteiger partial charge in [0.2, 0.25) is 5.91 Å². The highest BCUT2D eigenvalue weighted by Crippen LogP contribution is 2.22. The molecule has 1 aromatic carbocycles. The molecule has 1 heterocycles. The van der Waals surface area contributed by atoms with Crippen molar-refractivity contribution in [1.82, 2.24) is 10.2 Å². The number of nitrogens with two attached hydrogens (primary N) is 1. The van der Waals surface area contributed by atoms with Crippen LogP contribution in [0.3, 0.4) is 0 Å². The van der Waals surface area contributed by atoms with Crippen molar-refractivity contribution >= 4 is 17.9 Å². The van der Waals surface area contributed by atoms with E-state index in [0.717, 1.165) is 11.1 Å². The maximum Gasteiger partial charge on any atom is 0.335 e. The van der Waals surface area contributed by atoms with E-state index in [1.165, 1.54) is 0 Å². The lowest BCUT2D eigenvalue weighted by Gasteiger charge is -2.29. The first-order chi connectivity index (χ1) is 9.97. The highest BCUT2D eigenvalue weighted by atomic mass is 16.4. The first-order valence-corrected chi connectivity index (χ1v) is 6.63. The quantitative estimate of drug-likeness (QED) is 0.740. The Morgan fingerprint density at radius 2 is 2.10 bits per heavy atom. The predicted molar refractivity (Wildman–Crippen MR) is 74.7 cm³/mol. The van der Waals surface area contributed by atoms with Crippen LogP contribution in [-0.2, 0) is 17.8 Å². The summed E-state index contributed by atoms with van der Waals surface area (Å²) < 4.78 is 0. The van der Waals surface area contributed by atoms with E-state index in [1.807, 2.05) is 11.4 Å². The second-order valence-corrected chi connectivity index (χ2v) is 4.94. The first kappa shape index (κ1) is 15.0. The largest absolute Gasteiger partial charge is 0.478 e. The maximum atomic E-state index is 11.4. The molecule has 7 nitrogen and oxygen atoms in total. The number of benzene rings is 1. The maximum absolute atomic E-state index is 11.4. The minimum Gasteiger partial charge on any atom is -0.478 e. The van der Waals surface area contributed by atoms with Gasteiger partial charge in [0.05, 0.1) is 5.56 Å². The van der Waals surface area contributed by atoms with E-state index in [2.05, 4.69) is 4.90 Å². The molecule has 0 bridgehead atoms. The number of nitrogens with one attached hydrogen (secondary N) is 1. The average molecular weight is 291 g/mol. The fraction of sp³-hybridized carbons (Fsp3) is 0.357. The minimum absolute atomic E-state index is 0.177. The molecule has 1 aliphatic heterocycles. The number of nitrogens with zero attached hydrogens (tertiary/aromatic N) is 1. The van der Waals surface area contributed by atoms with Crippen LogP contribution in [0.25, 0.3) is 0 Å². The molecule has 21 heavy (non-hydrogen) atoms. The molecule has 0 spiro atoms. The van der Waals surface area contributed by atoms with Gasteiger partial charge in [-0.3, -0.25) is 15.0 Å². The molecule has 0 saturated heterocycles. The standard InChI is InChI=1S/C14H17N3O4/c15-14(21)16-12(18)5-7-17-6-4-10-9(8-17)2-1-3-11(10)13(19)20/h1-3H,4-8H2,(H,19,20)(H3,15,16,18,21). The molecule has 7 heteroatoms. The Hall–Kier alpha value is -2.41. The lowest BCUT2D eigenvalue weighted by molar-refractivity contribution is -0.120. The van der Waals surface area contributed by atoms with Gasteiger partial charge >= 0.3 is 12.0 Å². The molecule has 3 amide bonds. The Bertz CT molecular complexity index is 586. The molecule has 2 rings (SSSR count). The van der Waals surface area contributed by atoms with Gasteiger partial charge in [0.1, 0.15) is 0 Å². The van der Waals surface area contributed by atoms with Crippen LogP contribution >= 0.6 is 0 Å². The summed E-state index contributed by atoms with van der Waals surface area (Å²) in [4.78, 5) is 35.1. The van der Waals surface area contributed by atoms with E-state index >= 15 is 0 Å². The highest BCUT2D eigenvalue weighted by Gasteiger charge is 2.21. The molecule has 4 N–H and O–H groups in total. The highest BCUT2D eigenvalue weighted by molar-refractivity contribution is 5.93. The number of carbonyl (C=O) groups excluding carboxylic acids is 2. The molecular formula is C14H17N3O4. The van der Waals surface area contributed by atoms with E-state index in [-0.39, 0.29) is 6.42 Å². The average Bonchev–Trinajstić information content (AvgIpc) is 2.43. The minimum atomic E-state index is -0.916. The second-order valence-electron chi connectivity index (χ2n) is 4.94. The summed E-state index contributed by atoms with van der Waals surface area (Å²) in [5.74, 6) is -1.33. The number of carboxylic acid groups (broad SMARTS) is 1. The van der Waals surface area contributed by atoms with Crippen molar-refractivity contribution in [2.45, 2.75) is 19.4 Å². The van der Waals surface area contributed by atoms with Crippen LogP contribution in [0.5, 0.6) is 0 Å². The van der Waals surface area contributed by atoms with Crippen molar-refractivity contribution in [3.05, 3.63) is 34.9 Å². The third-order valence-corrected chi connectivity index (χ3v) is 3.49. The molecule has 0 atom stereocenters. The summed E-state index contributed by atoms with van der Waals surface area (Å²) in [7, 11) is 0. The van der Waals surface area contributed by atoms with Crippen LogP contribution in [0, 0.1) is 0 Å². The summed E-state index contributed by atoms with van der Waals surface area (Å²) in [6.45, 7) is 1.78. The van der Waals surface area contributed by atoms with Crippen LogP contribution in [-0.4, -0.2) is 41.0 Å². The van der Waals surface area contributed by atoms with Crippen molar-refractivity contribution in [2.24, 2.45) is 5.73 Å². The van der Waals surface area contributed by atoms with Crippen molar-refractivity contribution in [3.8, 4) is 0 Å². The molecule has 0 unspecified atom stereocenters. The normalized spacial score (nSPS) is 14.3. The SMILES string of the molecule is NC(=O)NC(=O)CCN1CCc2c(cccc2C(=O)O)C1. The van der Waals surface area contributed by atoms with E-state index in [1.54, 1.807) is 12.1 Å². The first-order valence-electron chi connectivity index (χ1n) is 6.63. The zero-order chi connectivity index (χ0) is 15.4. The van der Waals surface area contributed by atoms with Gasteiger partial charge in [-0.2, -0.15) is 0 Å². The number of primary amides is 1. The van der Waals surface area contributed by atoms with Crippen LogP contribution < -0.4 is 11.1 Å². The summed E-state index contributed by atoms with van der Waals surface area (Å²) in [5, 5.41) is 11.2. The topological polar surface area (TPSA) is 113 Å². The van der Waals surface area contributed by atoms with Crippen LogP contribution in [0.1, 0.15) is 27.9 Å². The monoisotopic (exact) mass is 291 g/mol. The van der Waals surface area contributed by atoms with Gasteiger partial charge in [0.15, 0.2) is 0 Å². The lowest BCUT2D eigenvalue weighted by atomic mass is 9.94. The van der Waals surface area contributed by atoms with Gasteiger partial charge in [-0.05, 0) is 23.6 Å². The molecule has 0 fully saturated rings. The molecule has 0 aromatic heterocycles. The van der Waals surface area contributed by atoms with E-state index in [9.17, 15) is 14.4 Å². The summed E-state index contributed by atoms with van der Waals surface area (Å²) in [5.41, 5.74) is 7.05. The van der Waals surface area contributed by atoms with Crippen molar-refractivity contribution < 1.29 is 19.5 Å². The smallest absolute Gasteiger partial charge is 0.335 e. The van der Waals surface area contributed by atoms with Gasteiger partial charge in [0.25, 0.3) is 0 Å². The third kappa shape index (κ3) is 3.79. The number of imide groups is 1. The number of carbonyl (C=O) groups is 3. The van der Waals surface area contributed by atoms with Gasteiger partial charge in [0, 0.05) is 26.1 Å². The number of fused-ring (bicyclic) bond motifs is 1. The zero-order valence-electron chi connectivity index (χ0n) is 11.5. The molecule has 0 saturated carbocycles. The van der Waals surface area contributed by atoms with Crippen LogP contribution in [0.2, 0.25) is 0 Å². The Morgan fingerprint density at radius 1 is 1.33 bits per heavy atom. The molecule has 1 aromatic rings. The summed E-state index contributed by atoms with van der Waals surface area (Å²) in [6, 6.07) is 4.38. The molecule has 1 aliphatic rings. The summed E-state index contributed by atoms with van der Waals surface area (Å²) >= 11 is 0. The van der Waals surface area contributed by atoms with Crippen LogP contribution in [0.15, 0.2) is 18.2 Å². The second kappa shape index (κ2) is 6.36. The van der Waals surface area contributed by atoms with Crippen molar-refractivity contribution in [1.29, 1.82) is 0 Å². The Labute approximate surface area is 121 Å². The number of carboxylic acids is 1. The number of aromatic carboxylic acids is 1. The Kier molecular flexibility index (Phi) is 4.54. The van der Waals surface area contributed by atoms with Gasteiger partial charge in [-0.1, -0.05) is 12.1 Å². The van der Waals surface area contributed by atoms with Gasteiger partial charge < -0.3 is 10.8 Å². The fourth-order valence-electron chi connectivity index (χ4n) is 2.52. The Balaban J connectivity index is 1.97. The number of rotatable bonds is 4. The van der Waals surface area contributed by atoms with E-state index in [4.69, 9.17) is 10.8 Å². The molecule has 0 aliphatic carbocycles. The number of amides is 3. The molecule has 112 valence electrons. The Morgan fingerprint density at radius 3 is 2.76 bits per heavy atom. The van der Waals surface area contributed by atoms with Gasteiger partial charge in [-0.25, -0.2) is 9.59 Å². The molecule has 0 radical (unpaired) electrons. The van der Waals surface area contributed by atoms with Gasteiger partial charge in [-0.15, -0.1) is 0 Å². The fourth-order valence-corrected chi connectivity index (χ4v) is 2.52. The van der Waals surface area contributed by atoms with Crippen molar-refractivity contribution in [2.75, 3.05) is 13.1 Å².